The topological polar surface area (TPSA) is 86.4 Å². The van der Waals surface area contributed by atoms with E-state index in [1.165, 1.54) is 10.6 Å². The summed E-state index contributed by atoms with van der Waals surface area (Å²) in [7, 11) is 0. The van der Waals surface area contributed by atoms with Crippen LogP contribution >= 0.6 is 15.9 Å². The Hall–Kier alpha value is -2.87. The second kappa shape index (κ2) is 7.03. The molecule has 3 aromatic rings. The zero-order chi connectivity index (χ0) is 19.8. The Morgan fingerprint density at radius 1 is 1.19 bits per heavy atom. The quantitative estimate of drug-likeness (QED) is 0.415. The number of hydrogen-bond donors (Lipinski definition) is 1. The van der Waals surface area contributed by atoms with Crippen LogP contribution in [-0.2, 0) is 4.74 Å². The normalized spacial score (nSPS) is 11.4. The van der Waals surface area contributed by atoms with Crippen LogP contribution in [0.15, 0.2) is 53.1 Å². The Labute approximate surface area is 164 Å². The van der Waals surface area contributed by atoms with E-state index >= 15 is 0 Å². The smallest absolute Gasteiger partial charge is 0.418 e. The van der Waals surface area contributed by atoms with Gasteiger partial charge in [-0.2, -0.15) is 0 Å². The molecule has 2 aromatic carbocycles. The third kappa shape index (κ3) is 4.28. The molecule has 140 valence electrons. The Balaban J connectivity index is 1.98. The number of nitrogens with one attached hydrogen (secondary N) is 1. The van der Waals surface area contributed by atoms with Gasteiger partial charge in [0.2, 0.25) is 0 Å². The number of ether oxygens (including phenoxy) is 1. The summed E-state index contributed by atoms with van der Waals surface area (Å²) in [6, 6.07) is 11.9. The first kappa shape index (κ1) is 18.9. The molecule has 0 unspecified atom stereocenters. The van der Waals surface area contributed by atoms with Crippen molar-refractivity contribution in [2.24, 2.45) is 0 Å². The van der Waals surface area contributed by atoms with Crippen LogP contribution in [0.1, 0.15) is 20.8 Å². The molecule has 0 amide bonds. The van der Waals surface area contributed by atoms with Crippen LogP contribution in [0, 0.1) is 10.1 Å². The van der Waals surface area contributed by atoms with Gasteiger partial charge in [-0.25, -0.2) is 4.79 Å². The van der Waals surface area contributed by atoms with Gasteiger partial charge in [0.15, 0.2) is 0 Å². The molecule has 3 rings (SSSR count). The Kier molecular flexibility index (Phi) is 4.93. The lowest BCUT2D eigenvalue weighted by Crippen LogP contribution is -2.26. The molecule has 0 fully saturated rings. The maximum Gasteiger partial charge on any atom is 0.418 e. The van der Waals surface area contributed by atoms with Crippen LogP contribution < -0.4 is 5.32 Å². The fourth-order valence-corrected chi connectivity index (χ4v) is 2.96. The van der Waals surface area contributed by atoms with E-state index in [-0.39, 0.29) is 5.69 Å². The van der Waals surface area contributed by atoms with E-state index < -0.39 is 16.6 Å². The van der Waals surface area contributed by atoms with Gasteiger partial charge in [-0.3, -0.25) is 14.7 Å². The molecule has 27 heavy (non-hydrogen) atoms. The van der Waals surface area contributed by atoms with Gasteiger partial charge >= 0.3 is 6.09 Å². The first-order valence-corrected chi connectivity index (χ1v) is 8.99. The molecular formula is C19H18BrN3O4. The highest BCUT2D eigenvalue weighted by Crippen LogP contribution is 2.32. The number of aromatic nitrogens is 1. The molecule has 0 aliphatic heterocycles. The number of benzene rings is 2. The van der Waals surface area contributed by atoms with Crippen LogP contribution in [0.4, 0.5) is 21.9 Å². The Morgan fingerprint density at radius 3 is 2.59 bits per heavy atom. The summed E-state index contributed by atoms with van der Waals surface area (Å²) in [6.07, 6.45) is 1.16. The van der Waals surface area contributed by atoms with Crippen LogP contribution in [0.2, 0.25) is 0 Å². The summed E-state index contributed by atoms with van der Waals surface area (Å²) < 4.78 is 7.56. The standard InChI is InChI=1S/C19H18BrN3O4/c1-19(2,3)27-18(24)22-9-8-12-4-6-14(11-17(12)22)21-15-10-13(20)5-7-16(15)23(25)26/h4-11,21H,1-3H3. The minimum absolute atomic E-state index is 0.0409. The number of fused-ring (bicyclic) bond motifs is 1. The van der Waals surface area contributed by atoms with Crippen molar-refractivity contribution in [2.75, 3.05) is 5.32 Å². The first-order valence-electron chi connectivity index (χ1n) is 8.19. The van der Waals surface area contributed by atoms with E-state index in [9.17, 15) is 14.9 Å². The zero-order valence-corrected chi connectivity index (χ0v) is 16.6. The third-order valence-corrected chi connectivity index (χ3v) is 4.21. The van der Waals surface area contributed by atoms with E-state index in [1.54, 1.807) is 51.2 Å². The lowest BCUT2D eigenvalue weighted by molar-refractivity contribution is -0.383. The minimum Gasteiger partial charge on any atom is -0.443 e. The summed E-state index contributed by atoms with van der Waals surface area (Å²) in [5.41, 5.74) is 0.963. The van der Waals surface area contributed by atoms with Crippen molar-refractivity contribution in [1.82, 2.24) is 4.57 Å². The molecule has 0 atom stereocenters. The molecule has 0 aliphatic carbocycles. The van der Waals surface area contributed by atoms with E-state index in [0.717, 1.165) is 5.39 Å². The molecule has 1 N–H and O–H groups in total. The van der Waals surface area contributed by atoms with Gasteiger partial charge in [0.05, 0.1) is 10.4 Å². The molecule has 0 radical (unpaired) electrons. The van der Waals surface area contributed by atoms with E-state index in [1.807, 2.05) is 12.1 Å². The molecule has 0 saturated heterocycles. The summed E-state index contributed by atoms with van der Waals surface area (Å²) >= 11 is 3.32. The molecular weight excluding hydrogens is 414 g/mol. The highest BCUT2D eigenvalue weighted by molar-refractivity contribution is 9.10. The lowest BCUT2D eigenvalue weighted by atomic mass is 10.2. The monoisotopic (exact) mass is 431 g/mol. The highest BCUT2D eigenvalue weighted by Gasteiger charge is 2.19. The molecule has 0 aliphatic rings. The maximum absolute atomic E-state index is 12.4. The number of carbonyl (C=O) groups is 1. The maximum atomic E-state index is 12.4. The summed E-state index contributed by atoms with van der Waals surface area (Å²) in [5, 5.41) is 15.2. The molecule has 1 aromatic heterocycles. The number of nitro benzene ring substituents is 1. The van der Waals surface area contributed by atoms with E-state index in [0.29, 0.717) is 21.4 Å². The van der Waals surface area contributed by atoms with Gasteiger partial charge in [0.1, 0.15) is 11.3 Å². The predicted molar refractivity (Wildman–Crippen MR) is 108 cm³/mol. The van der Waals surface area contributed by atoms with Crippen molar-refractivity contribution >= 4 is 50.0 Å². The largest absolute Gasteiger partial charge is 0.443 e. The number of carbonyl (C=O) groups excluding carboxylic acids is 1. The predicted octanol–water partition coefficient (Wildman–Crippen LogP) is 5.84. The number of halogens is 1. The number of anilines is 2. The number of rotatable bonds is 3. The van der Waals surface area contributed by atoms with E-state index in [4.69, 9.17) is 4.74 Å². The van der Waals surface area contributed by atoms with Gasteiger partial charge in [0, 0.05) is 27.8 Å². The van der Waals surface area contributed by atoms with Crippen molar-refractivity contribution in [2.45, 2.75) is 26.4 Å². The fourth-order valence-electron chi connectivity index (χ4n) is 2.60. The summed E-state index contributed by atoms with van der Waals surface area (Å²) in [5.74, 6) is 0. The van der Waals surface area contributed by atoms with Crippen LogP contribution in [0.25, 0.3) is 10.9 Å². The Morgan fingerprint density at radius 2 is 1.93 bits per heavy atom. The first-order chi connectivity index (χ1) is 12.6. The van der Waals surface area contributed by atoms with Crippen molar-refractivity contribution in [1.29, 1.82) is 0 Å². The van der Waals surface area contributed by atoms with Crippen molar-refractivity contribution in [3.63, 3.8) is 0 Å². The molecule has 1 heterocycles. The number of hydrogen-bond acceptors (Lipinski definition) is 5. The second-order valence-corrected chi connectivity index (χ2v) is 7.90. The lowest BCUT2D eigenvalue weighted by Gasteiger charge is -2.19. The van der Waals surface area contributed by atoms with Gasteiger partial charge in [-0.15, -0.1) is 0 Å². The van der Waals surface area contributed by atoms with Crippen LogP contribution in [0.3, 0.4) is 0 Å². The van der Waals surface area contributed by atoms with Crippen molar-refractivity contribution < 1.29 is 14.5 Å². The molecule has 8 heteroatoms. The SMILES string of the molecule is CC(C)(C)OC(=O)n1ccc2ccc(Nc3cc(Br)ccc3[N+](=O)[O-])cc21. The van der Waals surface area contributed by atoms with Crippen LogP contribution in [-0.4, -0.2) is 21.2 Å². The highest BCUT2D eigenvalue weighted by atomic mass is 79.9. The van der Waals surface area contributed by atoms with E-state index in [2.05, 4.69) is 21.2 Å². The average Bonchev–Trinajstić information content (AvgIpc) is 2.96. The van der Waals surface area contributed by atoms with Gasteiger partial charge < -0.3 is 10.1 Å². The number of nitro groups is 1. The zero-order valence-electron chi connectivity index (χ0n) is 15.0. The van der Waals surface area contributed by atoms with Crippen molar-refractivity contribution in [3.05, 3.63) is 63.2 Å². The van der Waals surface area contributed by atoms with Gasteiger partial charge in [-0.1, -0.05) is 22.0 Å². The Bertz CT molecular complexity index is 1040. The molecule has 0 spiro atoms. The van der Waals surface area contributed by atoms with Gasteiger partial charge in [0.25, 0.3) is 5.69 Å². The van der Waals surface area contributed by atoms with Crippen LogP contribution in [0.5, 0.6) is 0 Å². The summed E-state index contributed by atoms with van der Waals surface area (Å²) in [6.45, 7) is 5.40. The summed E-state index contributed by atoms with van der Waals surface area (Å²) in [4.78, 5) is 23.2. The molecule has 0 saturated carbocycles. The molecule has 7 nitrogen and oxygen atoms in total. The number of nitrogens with zero attached hydrogens (tertiary/aromatic N) is 2. The second-order valence-electron chi connectivity index (χ2n) is 6.98. The minimum atomic E-state index is -0.611. The van der Waals surface area contributed by atoms with Crippen molar-refractivity contribution in [3.8, 4) is 0 Å². The fraction of sp³-hybridized carbons (Fsp3) is 0.211. The average molecular weight is 432 g/mol. The third-order valence-electron chi connectivity index (χ3n) is 3.72. The van der Waals surface area contributed by atoms with Gasteiger partial charge in [-0.05, 0) is 51.1 Å². The molecule has 0 bridgehead atoms.